The molecule has 5 nitrogen and oxygen atoms in total. The lowest BCUT2D eigenvalue weighted by Crippen LogP contribution is -2.23. The summed E-state index contributed by atoms with van der Waals surface area (Å²) in [5.74, 6) is -0.331. The summed E-state index contributed by atoms with van der Waals surface area (Å²) in [6, 6.07) is 8.51. The van der Waals surface area contributed by atoms with E-state index in [0.29, 0.717) is 0 Å². The molecule has 1 heterocycles. The third kappa shape index (κ3) is 2.88. The first-order chi connectivity index (χ1) is 8.97. The fraction of sp³-hybridized carbons (Fsp3) is 0.214. The topological polar surface area (TPSA) is 64.0 Å². The molecule has 0 atom stereocenters. The van der Waals surface area contributed by atoms with E-state index in [1.807, 2.05) is 32.0 Å². The van der Waals surface area contributed by atoms with E-state index in [9.17, 15) is 9.59 Å². The van der Waals surface area contributed by atoms with Crippen molar-refractivity contribution in [2.24, 2.45) is 7.05 Å². The number of hydrogen-bond acceptors (Lipinski definition) is 3. The molecule has 1 aromatic heterocycles. The van der Waals surface area contributed by atoms with Crippen molar-refractivity contribution in [2.45, 2.75) is 13.8 Å². The number of rotatable bonds is 2. The van der Waals surface area contributed by atoms with Gasteiger partial charge in [0.15, 0.2) is 0 Å². The van der Waals surface area contributed by atoms with Crippen LogP contribution in [0.25, 0.3) is 0 Å². The SMILES string of the molecule is Cc1ccc(NC(=O)c2ccc(=O)n(C)n2)c(C)c1. The van der Waals surface area contributed by atoms with Gasteiger partial charge in [0.2, 0.25) is 0 Å². The van der Waals surface area contributed by atoms with Crippen molar-refractivity contribution >= 4 is 11.6 Å². The first kappa shape index (κ1) is 13.0. The van der Waals surface area contributed by atoms with Gasteiger partial charge in [0, 0.05) is 18.8 Å². The van der Waals surface area contributed by atoms with Crippen LogP contribution in [-0.2, 0) is 7.05 Å². The molecular weight excluding hydrogens is 242 g/mol. The zero-order valence-corrected chi connectivity index (χ0v) is 11.1. The maximum atomic E-state index is 12.0. The average Bonchev–Trinajstić information content (AvgIpc) is 2.36. The second kappa shape index (κ2) is 5.06. The molecule has 0 spiro atoms. The summed E-state index contributed by atoms with van der Waals surface area (Å²) in [4.78, 5) is 23.2. The molecule has 0 aliphatic heterocycles. The smallest absolute Gasteiger partial charge is 0.276 e. The van der Waals surface area contributed by atoms with Crippen LogP contribution in [0.4, 0.5) is 5.69 Å². The van der Waals surface area contributed by atoms with Gasteiger partial charge in [-0.15, -0.1) is 0 Å². The van der Waals surface area contributed by atoms with Crippen molar-refractivity contribution in [1.29, 1.82) is 0 Å². The molecule has 2 rings (SSSR count). The Kier molecular flexibility index (Phi) is 3.46. The van der Waals surface area contributed by atoms with E-state index >= 15 is 0 Å². The standard InChI is InChI=1S/C14H15N3O2/c1-9-4-5-11(10(2)8-9)15-14(19)12-6-7-13(18)17(3)16-12/h4-8H,1-3H3,(H,15,19). The van der Waals surface area contributed by atoms with E-state index < -0.39 is 0 Å². The molecule has 2 aromatic rings. The molecule has 1 N–H and O–H groups in total. The molecule has 0 bridgehead atoms. The Morgan fingerprint density at radius 2 is 1.95 bits per heavy atom. The Bertz CT molecular complexity index is 689. The fourth-order valence-electron chi connectivity index (χ4n) is 1.76. The largest absolute Gasteiger partial charge is 0.320 e. The Morgan fingerprint density at radius 3 is 2.58 bits per heavy atom. The van der Waals surface area contributed by atoms with Crippen LogP contribution < -0.4 is 10.9 Å². The highest BCUT2D eigenvalue weighted by atomic mass is 16.2. The van der Waals surface area contributed by atoms with Crippen molar-refractivity contribution in [1.82, 2.24) is 9.78 Å². The molecule has 0 saturated carbocycles. The van der Waals surface area contributed by atoms with Crippen LogP contribution in [0.1, 0.15) is 21.6 Å². The van der Waals surface area contributed by atoms with E-state index in [0.717, 1.165) is 21.5 Å². The van der Waals surface area contributed by atoms with Gasteiger partial charge in [0.05, 0.1) is 0 Å². The molecule has 5 heteroatoms. The van der Waals surface area contributed by atoms with Crippen LogP contribution in [0.3, 0.4) is 0 Å². The predicted molar refractivity (Wildman–Crippen MR) is 73.3 cm³/mol. The van der Waals surface area contributed by atoms with Crippen LogP contribution in [-0.4, -0.2) is 15.7 Å². The van der Waals surface area contributed by atoms with Crippen molar-refractivity contribution in [3.05, 3.63) is 57.5 Å². The predicted octanol–water partition coefficient (Wildman–Crippen LogP) is 1.65. The molecule has 98 valence electrons. The van der Waals surface area contributed by atoms with E-state index in [-0.39, 0.29) is 17.2 Å². The average molecular weight is 257 g/mol. The van der Waals surface area contributed by atoms with Gasteiger partial charge in [-0.1, -0.05) is 17.7 Å². The minimum Gasteiger partial charge on any atom is -0.320 e. The molecule has 0 fully saturated rings. The summed E-state index contributed by atoms with van der Waals surface area (Å²) < 4.78 is 1.14. The van der Waals surface area contributed by atoms with Crippen LogP contribution in [0, 0.1) is 13.8 Å². The zero-order valence-electron chi connectivity index (χ0n) is 11.1. The third-order valence-electron chi connectivity index (χ3n) is 2.82. The van der Waals surface area contributed by atoms with Gasteiger partial charge in [-0.25, -0.2) is 4.68 Å². The van der Waals surface area contributed by atoms with Gasteiger partial charge in [-0.2, -0.15) is 5.10 Å². The molecular formula is C14H15N3O2. The Hall–Kier alpha value is -2.43. The number of hydrogen-bond donors (Lipinski definition) is 1. The summed E-state index contributed by atoms with van der Waals surface area (Å²) in [5, 5.41) is 6.69. The Labute approximate surface area is 110 Å². The monoisotopic (exact) mass is 257 g/mol. The van der Waals surface area contributed by atoms with Crippen LogP contribution >= 0.6 is 0 Å². The summed E-state index contributed by atoms with van der Waals surface area (Å²) in [7, 11) is 1.51. The number of nitrogens with zero attached hydrogens (tertiary/aromatic N) is 2. The van der Waals surface area contributed by atoms with E-state index in [1.165, 1.54) is 19.2 Å². The summed E-state index contributed by atoms with van der Waals surface area (Å²) in [5.41, 5.74) is 2.82. The fourth-order valence-corrected chi connectivity index (χ4v) is 1.76. The van der Waals surface area contributed by atoms with Gasteiger partial charge in [-0.05, 0) is 31.5 Å². The molecule has 1 amide bonds. The van der Waals surface area contributed by atoms with Gasteiger partial charge >= 0.3 is 0 Å². The number of nitrogens with one attached hydrogen (secondary N) is 1. The maximum absolute atomic E-state index is 12.0. The molecule has 0 saturated heterocycles. The Balaban J connectivity index is 2.25. The molecule has 0 radical (unpaired) electrons. The molecule has 1 aromatic carbocycles. The molecule has 0 unspecified atom stereocenters. The third-order valence-corrected chi connectivity index (χ3v) is 2.82. The van der Waals surface area contributed by atoms with Gasteiger partial charge < -0.3 is 5.32 Å². The van der Waals surface area contributed by atoms with E-state index in [4.69, 9.17) is 0 Å². The number of carbonyl (C=O) groups excluding carboxylic acids is 1. The Morgan fingerprint density at radius 1 is 1.21 bits per heavy atom. The highest BCUT2D eigenvalue weighted by molar-refractivity contribution is 6.03. The van der Waals surface area contributed by atoms with Gasteiger partial charge in [-0.3, -0.25) is 9.59 Å². The van der Waals surface area contributed by atoms with Crippen molar-refractivity contribution in [2.75, 3.05) is 5.32 Å². The van der Waals surface area contributed by atoms with Crippen LogP contribution in [0.15, 0.2) is 35.1 Å². The van der Waals surface area contributed by atoms with Crippen molar-refractivity contribution < 1.29 is 4.79 Å². The lowest BCUT2D eigenvalue weighted by atomic mass is 10.1. The van der Waals surface area contributed by atoms with Gasteiger partial charge in [0.25, 0.3) is 11.5 Å². The van der Waals surface area contributed by atoms with Crippen molar-refractivity contribution in [3.8, 4) is 0 Å². The first-order valence-corrected chi connectivity index (χ1v) is 5.90. The van der Waals surface area contributed by atoms with E-state index in [1.54, 1.807) is 0 Å². The van der Waals surface area contributed by atoms with E-state index in [2.05, 4.69) is 10.4 Å². The highest BCUT2D eigenvalue weighted by Gasteiger charge is 2.10. The summed E-state index contributed by atoms with van der Waals surface area (Å²) in [6.07, 6.45) is 0. The second-order valence-corrected chi connectivity index (χ2v) is 4.45. The quantitative estimate of drug-likeness (QED) is 0.889. The highest BCUT2D eigenvalue weighted by Crippen LogP contribution is 2.16. The lowest BCUT2D eigenvalue weighted by molar-refractivity contribution is 0.102. The van der Waals surface area contributed by atoms with Gasteiger partial charge in [0.1, 0.15) is 5.69 Å². The normalized spacial score (nSPS) is 10.3. The maximum Gasteiger partial charge on any atom is 0.276 e. The minimum atomic E-state index is -0.331. The molecule has 0 aliphatic rings. The van der Waals surface area contributed by atoms with Crippen molar-refractivity contribution in [3.63, 3.8) is 0 Å². The first-order valence-electron chi connectivity index (χ1n) is 5.90. The molecule has 19 heavy (non-hydrogen) atoms. The number of anilines is 1. The zero-order chi connectivity index (χ0) is 14.0. The second-order valence-electron chi connectivity index (χ2n) is 4.45. The number of aromatic nitrogens is 2. The summed E-state index contributed by atoms with van der Waals surface area (Å²) in [6.45, 7) is 3.92. The lowest BCUT2D eigenvalue weighted by Gasteiger charge is -2.09. The number of carbonyl (C=O) groups is 1. The van der Waals surface area contributed by atoms with Crippen LogP contribution in [0.2, 0.25) is 0 Å². The number of amides is 1. The molecule has 0 aliphatic carbocycles. The minimum absolute atomic E-state index is 0.210. The number of benzene rings is 1. The summed E-state index contributed by atoms with van der Waals surface area (Å²) >= 11 is 0. The number of aryl methyl sites for hydroxylation is 3. The van der Waals surface area contributed by atoms with Crippen LogP contribution in [0.5, 0.6) is 0 Å².